The van der Waals surface area contributed by atoms with Gasteiger partial charge in [0.2, 0.25) is 0 Å². The van der Waals surface area contributed by atoms with Gasteiger partial charge in [-0.3, -0.25) is 0 Å². The molecule has 0 saturated heterocycles. The number of benzene rings is 1. The van der Waals surface area contributed by atoms with E-state index in [0.717, 1.165) is 12.8 Å². The molecule has 0 radical (unpaired) electrons. The zero-order chi connectivity index (χ0) is 9.10. The van der Waals surface area contributed by atoms with Crippen molar-refractivity contribution in [2.45, 2.75) is 25.2 Å². The van der Waals surface area contributed by atoms with Crippen molar-refractivity contribution in [3.05, 3.63) is 35.4 Å². The highest BCUT2D eigenvalue weighted by molar-refractivity contribution is 5.68. The van der Waals surface area contributed by atoms with Crippen LogP contribution in [0.3, 0.4) is 0 Å². The standard InChI is InChI=1S/C11H13NO/c13-12-8-10-6-3-5-9-4-1-2-7-11(9)10/h1-2,4,7-8,10,13H,3,5-6H2/b12-8+. The molecule has 13 heavy (non-hydrogen) atoms. The first-order chi connectivity index (χ1) is 6.42. The number of oxime groups is 1. The molecule has 0 bridgehead atoms. The van der Waals surface area contributed by atoms with Crippen molar-refractivity contribution in [3.8, 4) is 0 Å². The van der Waals surface area contributed by atoms with E-state index in [4.69, 9.17) is 5.21 Å². The Hall–Kier alpha value is -1.31. The van der Waals surface area contributed by atoms with Crippen LogP contribution in [0, 0.1) is 0 Å². The number of hydrogen-bond donors (Lipinski definition) is 1. The van der Waals surface area contributed by atoms with Crippen LogP contribution in [0.15, 0.2) is 29.4 Å². The van der Waals surface area contributed by atoms with Crippen LogP contribution in [-0.2, 0) is 6.42 Å². The van der Waals surface area contributed by atoms with Crippen LogP contribution in [0.5, 0.6) is 0 Å². The fraction of sp³-hybridized carbons (Fsp3) is 0.364. The summed E-state index contributed by atoms with van der Waals surface area (Å²) in [5.41, 5.74) is 2.73. The van der Waals surface area contributed by atoms with Crippen LogP contribution >= 0.6 is 0 Å². The average Bonchev–Trinajstić information content (AvgIpc) is 2.19. The monoisotopic (exact) mass is 175 g/mol. The van der Waals surface area contributed by atoms with Gasteiger partial charge in [0.15, 0.2) is 0 Å². The van der Waals surface area contributed by atoms with Crippen LogP contribution < -0.4 is 0 Å². The first-order valence-corrected chi connectivity index (χ1v) is 4.67. The molecule has 0 fully saturated rings. The summed E-state index contributed by atoms with van der Waals surface area (Å²) >= 11 is 0. The molecule has 2 rings (SSSR count). The third-order valence-electron chi connectivity index (χ3n) is 2.66. The van der Waals surface area contributed by atoms with E-state index in [-0.39, 0.29) is 0 Å². The molecule has 0 aromatic heterocycles. The Morgan fingerprint density at radius 2 is 2.23 bits per heavy atom. The number of hydrogen-bond acceptors (Lipinski definition) is 2. The molecule has 0 amide bonds. The first-order valence-electron chi connectivity index (χ1n) is 4.67. The highest BCUT2D eigenvalue weighted by atomic mass is 16.4. The van der Waals surface area contributed by atoms with Crippen molar-refractivity contribution in [1.29, 1.82) is 0 Å². The fourth-order valence-electron chi connectivity index (χ4n) is 2.03. The van der Waals surface area contributed by atoms with Gasteiger partial charge in [-0.2, -0.15) is 0 Å². The summed E-state index contributed by atoms with van der Waals surface area (Å²) in [7, 11) is 0. The third kappa shape index (κ3) is 1.57. The van der Waals surface area contributed by atoms with E-state index in [1.807, 2.05) is 6.07 Å². The van der Waals surface area contributed by atoms with Gasteiger partial charge in [0.1, 0.15) is 0 Å². The molecule has 2 nitrogen and oxygen atoms in total. The van der Waals surface area contributed by atoms with Crippen molar-refractivity contribution in [3.63, 3.8) is 0 Å². The molecule has 1 aliphatic carbocycles. The second kappa shape index (κ2) is 3.60. The molecule has 0 saturated carbocycles. The van der Waals surface area contributed by atoms with Crippen molar-refractivity contribution >= 4 is 6.21 Å². The quantitative estimate of drug-likeness (QED) is 0.397. The van der Waals surface area contributed by atoms with E-state index in [2.05, 4.69) is 23.4 Å². The maximum atomic E-state index is 8.51. The molecule has 68 valence electrons. The van der Waals surface area contributed by atoms with Gasteiger partial charge in [-0.15, -0.1) is 5.16 Å². The van der Waals surface area contributed by atoms with Gasteiger partial charge in [-0.25, -0.2) is 0 Å². The highest BCUT2D eigenvalue weighted by Crippen LogP contribution is 2.29. The average molecular weight is 175 g/mol. The molecular weight excluding hydrogens is 162 g/mol. The number of fused-ring (bicyclic) bond motifs is 1. The molecule has 0 aliphatic heterocycles. The SMILES string of the molecule is O/N=C/C1CCCc2ccccc21. The number of nitrogens with zero attached hydrogens (tertiary/aromatic N) is 1. The summed E-state index contributed by atoms with van der Waals surface area (Å²) in [5, 5.41) is 11.6. The summed E-state index contributed by atoms with van der Waals surface area (Å²) in [6, 6.07) is 8.40. The van der Waals surface area contributed by atoms with Crippen LogP contribution in [-0.4, -0.2) is 11.4 Å². The predicted molar refractivity (Wildman–Crippen MR) is 52.4 cm³/mol. The lowest BCUT2D eigenvalue weighted by Crippen LogP contribution is -2.10. The lowest BCUT2D eigenvalue weighted by molar-refractivity contribution is 0.319. The van der Waals surface area contributed by atoms with Gasteiger partial charge < -0.3 is 5.21 Å². The van der Waals surface area contributed by atoms with Gasteiger partial charge in [-0.1, -0.05) is 24.3 Å². The Morgan fingerprint density at radius 1 is 1.38 bits per heavy atom. The van der Waals surface area contributed by atoms with E-state index >= 15 is 0 Å². The lowest BCUT2D eigenvalue weighted by atomic mass is 9.84. The largest absolute Gasteiger partial charge is 0.411 e. The normalized spacial score (nSPS) is 21.7. The topological polar surface area (TPSA) is 32.6 Å². The minimum Gasteiger partial charge on any atom is -0.411 e. The molecular formula is C11H13NO. The van der Waals surface area contributed by atoms with E-state index in [1.54, 1.807) is 6.21 Å². The van der Waals surface area contributed by atoms with Crippen LogP contribution in [0.2, 0.25) is 0 Å². The van der Waals surface area contributed by atoms with E-state index in [0.29, 0.717) is 5.92 Å². The number of rotatable bonds is 1. The van der Waals surface area contributed by atoms with Crippen LogP contribution in [0.1, 0.15) is 29.9 Å². The van der Waals surface area contributed by atoms with Gasteiger partial charge >= 0.3 is 0 Å². The summed E-state index contributed by atoms with van der Waals surface area (Å²) < 4.78 is 0. The zero-order valence-corrected chi connectivity index (χ0v) is 7.48. The third-order valence-corrected chi connectivity index (χ3v) is 2.66. The zero-order valence-electron chi connectivity index (χ0n) is 7.48. The molecule has 2 heteroatoms. The van der Waals surface area contributed by atoms with E-state index in [9.17, 15) is 0 Å². The van der Waals surface area contributed by atoms with E-state index in [1.165, 1.54) is 17.5 Å². The highest BCUT2D eigenvalue weighted by Gasteiger charge is 2.17. The minimum absolute atomic E-state index is 0.315. The molecule has 0 heterocycles. The van der Waals surface area contributed by atoms with Gasteiger partial charge in [0, 0.05) is 5.92 Å². The fourth-order valence-corrected chi connectivity index (χ4v) is 2.03. The van der Waals surface area contributed by atoms with Crippen molar-refractivity contribution in [2.24, 2.45) is 5.16 Å². The summed E-state index contributed by atoms with van der Waals surface area (Å²) in [6.45, 7) is 0. The van der Waals surface area contributed by atoms with Crippen molar-refractivity contribution in [2.75, 3.05) is 0 Å². The first kappa shape index (κ1) is 8.30. The Bertz CT molecular complexity index is 320. The van der Waals surface area contributed by atoms with Gasteiger partial charge in [-0.05, 0) is 30.4 Å². The lowest BCUT2D eigenvalue weighted by Gasteiger charge is -2.21. The maximum Gasteiger partial charge on any atom is 0.0510 e. The van der Waals surface area contributed by atoms with Crippen molar-refractivity contribution < 1.29 is 5.21 Å². The molecule has 1 atom stereocenters. The molecule has 1 N–H and O–H groups in total. The van der Waals surface area contributed by atoms with Crippen LogP contribution in [0.4, 0.5) is 0 Å². The number of aryl methyl sites for hydroxylation is 1. The Morgan fingerprint density at radius 3 is 3.08 bits per heavy atom. The van der Waals surface area contributed by atoms with Gasteiger partial charge in [0.05, 0.1) is 6.21 Å². The summed E-state index contributed by atoms with van der Waals surface area (Å²) in [4.78, 5) is 0. The smallest absolute Gasteiger partial charge is 0.0510 e. The van der Waals surface area contributed by atoms with E-state index < -0.39 is 0 Å². The Balaban J connectivity index is 2.36. The predicted octanol–water partition coefficient (Wildman–Crippen LogP) is 2.57. The summed E-state index contributed by atoms with van der Waals surface area (Å²) in [6.07, 6.45) is 5.08. The van der Waals surface area contributed by atoms with Crippen molar-refractivity contribution in [1.82, 2.24) is 0 Å². The van der Waals surface area contributed by atoms with Gasteiger partial charge in [0.25, 0.3) is 0 Å². The minimum atomic E-state index is 0.315. The second-order valence-corrected chi connectivity index (χ2v) is 3.46. The Labute approximate surface area is 77.9 Å². The summed E-state index contributed by atoms with van der Waals surface area (Å²) in [5.74, 6) is 0.315. The molecule has 1 aliphatic rings. The molecule has 1 aromatic rings. The molecule has 1 unspecified atom stereocenters. The molecule has 1 aromatic carbocycles. The maximum absolute atomic E-state index is 8.51. The Kier molecular flexibility index (Phi) is 2.30. The van der Waals surface area contributed by atoms with Crippen LogP contribution in [0.25, 0.3) is 0 Å². The second-order valence-electron chi connectivity index (χ2n) is 3.46. The molecule has 0 spiro atoms.